The molecule has 1 N–H and O–H groups in total. The van der Waals surface area contributed by atoms with Crippen LogP contribution in [0.15, 0.2) is 48.5 Å². The van der Waals surface area contributed by atoms with Crippen molar-refractivity contribution in [3.63, 3.8) is 0 Å². The van der Waals surface area contributed by atoms with Crippen molar-refractivity contribution in [2.45, 2.75) is 39.7 Å². The van der Waals surface area contributed by atoms with Crippen molar-refractivity contribution in [1.29, 1.82) is 0 Å². The number of hydrogen-bond donors (Lipinski definition) is 1. The normalized spacial score (nSPS) is 10.7. The van der Waals surface area contributed by atoms with Crippen LogP contribution in [0.3, 0.4) is 0 Å². The summed E-state index contributed by atoms with van der Waals surface area (Å²) in [6, 6.07) is 17.9. The van der Waals surface area contributed by atoms with Gasteiger partial charge in [0.05, 0.1) is 0 Å². The van der Waals surface area contributed by atoms with Gasteiger partial charge in [-0.05, 0) is 41.6 Å². The molecule has 2 rings (SSSR count). The minimum absolute atomic E-state index is 0.951. The monoisotopic (exact) mass is 267 g/mol. The minimum atomic E-state index is 0.951. The fourth-order valence-electron chi connectivity index (χ4n) is 2.33. The standard InChI is InChI=1S/C19H25N/c1-3-5-6-16-7-11-18(12-8-16)19-13-9-17(10-14-19)15-20-4-2/h7-14,20H,3-6,15H2,1-2H3. The fourth-order valence-corrected chi connectivity index (χ4v) is 2.33. The van der Waals surface area contributed by atoms with Crippen molar-refractivity contribution in [1.82, 2.24) is 5.32 Å². The van der Waals surface area contributed by atoms with Crippen LogP contribution in [0.5, 0.6) is 0 Å². The largest absolute Gasteiger partial charge is 0.313 e. The molecule has 0 aliphatic carbocycles. The first-order valence-electron chi connectivity index (χ1n) is 7.72. The van der Waals surface area contributed by atoms with E-state index < -0.39 is 0 Å². The van der Waals surface area contributed by atoms with Gasteiger partial charge < -0.3 is 5.32 Å². The van der Waals surface area contributed by atoms with Crippen molar-refractivity contribution in [2.75, 3.05) is 6.54 Å². The average molecular weight is 267 g/mol. The number of benzene rings is 2. The Morgan fingerprint density at radius 2 is 1.30 bits per heavy atom. The lowest BCUT2D eigenvalue weighted by atomic mass is 10.0. The van der Waals surface area contributed by atoms with Crippen LogP contribution in [0.1, 0.15) is 37.8 Å². The van der Waals surface area contributed by atoms with Gasteiger partial charge in [0, 0.05) is 6.54 Å². The van der Waals surface area contributed by atoms with Gasteiger partial charge in [0.1, 0.15) is 0 Å². The van der Waals surface area contributed by atoms with Gasteiger partial charge in [-0.3, -0.25) is 0 Å². The SMILES string of the molecule is CCCCc1ccc(-c2ccc(CNCC)cc2)cc1. The summed E-state index contributed by atoms with van der Waals surface area (Å²) in [4.78, 5) is 0. The summed E-state index contributed by atoms with van der Waals surface area (Å²) in [6.07, 6.45) is 3.73. The molecule has 20 heavy (non-hydrogen) atoms. The molecule has 1 heteroatoms. The third-order valence-electron chi connectivity index (χ3n) is 3.64. The van der Waals surface area contributed by atoms with Crippen molar-refractivity contribution in [3.05, 3.63) is 59.7 Å². The van der Waals surface area contributed by atoms with E-state index in [1.54, 1.807) is 0 Å². The number of rotatable bonds is 7. The highest BCUT2D eigenvalue weighted by molar-refractivity contribution is 5.63. The molecule has 0 bridgehead atoms. The molecule has 0 atom stereocenters. The van der Waals surface area contributed by atoms with Crippen LogP contribution in [-0.4, -0.2) is 6.54 Å². The highest BCUT2D eigenvalue weighted by atomic mass is 14.8. The molecule has 2 aromatic rings. The topological polar surface area (TPSA) is 12.0 Å². The molecular weight excluding hydrogens is 242 g/mol. The first kappa shape index (κ1) is 14.8. The van der Waals surface area contributed by atoms with Gasteiger partial charge in [-0.2, -0.15) is 0 Å². The van der Waals surface area contributed by atoms with E-state index in [1.807, 2.05) is 0 Å². The maximum absolute atomic E-state index is 3.35. The van der Waals surface area contributed by atoms with Crippen LogP contribution in [0.4, 0.5) is 0 Å². The lowest BCUT2D eigenvalue weighted by Gasteiger charge is -2.06. The van der Waals surface area contributed by atoms with Gasteiger partial charge in [0.25, 0.3) is 0 Å². The predicted molar refractivity (Wildman–Crippen MR) is 87.9 cm³/mol. The van der Waals surface area contributed by atoms with Crippen molar-refractivity contribution >= 4 is 0 Å². The number of unbranched alkanes of at least 4 members (excludes halogenated alkanes) is 1. The van der Waals surface area contributed by atoms with Crippen molar-refractivity contribution < 1.29 is 0 Å². The van der Waals surface area contributed by atoms with Crippen molar-refractivity contribution in [3.8, 4) is 11.1 Å². The molecule has 0 radical (unpaired) electrons. The summed E-state index contributed by atoms with van der Waals surface area (Å²) in [5, 5.41) is 3.35. The fraction of sp³-hybridized carbons (Fsp3) is 0.368. The average Bonchev–Trinajstić information content (AvgIpc) is 2.52. The summed E-state index contributed by atoms with van der Waals surface area (Å²) >= 11 is 0. The maximum Gasteiger partial charge on any atom is 0.0205 e. The second-order valence-corrected chi connectivity index (χ2v) is 5.28. The molecule has 0 heterocycles. The number of nitrogens with one attached hydrogen (secondary N) is 1. The van der Waals surface area contributed by atoms with Crippen molar-refractivity contribution in [2.24, 2.45) is 0 Å². The maximum atomic E-state index is 3.35. The molecule has 0 fully saturated rings. The van der Waals surface area contributed by atoms with Crippen LogP contribution in [0, 0.1) is 0 Å². The summed E-state index contributed by atoms with van der Waals surface area (Å²) in [5.41, 5.74) is 5.39. The number of aryl methyl sites for hydroxylation is 1. The molecule has 0 aliphatic heterocycles. The van der Waals surface area contributed by atoms with E-state index in [2.05, 4.69) is 67.7 Å². The molecule has 0 saturated heterocycles. The Bertz CT molecular complexity index is 447. The molecular formula is C19H25N. The molecule has 0 aliphatic rings. The Hall–Kier alpha value is -1.60. The van der Waals surface area contributed by atoms with Crippen LogP contribution >= 0.6 is 0 Å². The smallest absolute Gasteiger partial charge is 0.0205 e. The Kier molecular flexibility index (Phi) is 5.82. The molecule has 0 unspecified atom stereocenters. The van der Waals surface area contributed by atoms with Crippen LogP contribution in [0.2, 0.25) is 0 Å². The summed E-state index contributed by atoms with van der Waals surface area (Å²) in [5.74, 6) is 0. The van der Waals surface area contributed by atoms with E-state index in [0.29, 0.717) is 0 Å². The minimum Gasteiger partial charge on any atom is -0.313 e. The van der Waals surface area contributed by atoms with Crippen LogP contribution in [-0.2, 0) is 13.0 Å². The second kappa shape index (κ2) is 7.86. The lowest BCUT2D eigenvalue weighted by molar-refractivity contribution is 0.727. The second-order valence-electron chi connectivity index (χ2n) is 5.28. The van der Waals surface area contributed by atoms with E-state index >= 15 is 0 Å². The first-order chi connectivity index (χ1) is 9.83. The molecule has 0 saturated carbocycles. The zero-order valence-corrected chi connectivity index (χ0v) is 12.7. The molecule has 1 nitrogen and oxygen atoms in total. The Balaban J connectivity index is 2.03. The van der Waals surface area contributed by atoms with Gasteiger partial charge in [0.2, 0.25) is 0 Å². The summed E-state index contributed by atoms with van der Waals surface area (Å²) in [6.45, 7) is 6.34. The molecule has 0 aromatic heterocycles. The van der Waals surface area contributed by atoms with Crippen LogP contribution in [0.25, 0.3) is 11.1 Å². The predicted octanol–water partition coefficient (Wildman–Crippen LogP) is 4.81. The van der Waals surface area contributed by atoms with Gasteiger partial charge >= 0.3 is 0 Å². The highest BCUT2D eigenvalue weighted by Gasteiger charge is 1.99. The lowest BCUT2D eigenvalue weighted by Crippen LogP contribution is -2.11. The van der Waals surface area contributed by atoms with E-state index in [9.17, 15) is 0 Å². The van der Waals surface area contributed by atoms with Gasteiger partial charge in [-0.15, -0.1) is 0 Å². The quantitative estimate of drug-likeness (QED) is 0.759. The van der Waals surface area contributed by atoms with Crippen LogP contribution < -0.4 is 5.32 Å². The Morgan fingerprint density at radius 1 is 0.750 bits per heavy atom. The number of hydrogen-bond acceptors (Lipinski definition) is 1. The van der Waals surface area contributed by atoms with E-state index in [4.69, 9.17) is 0 Å². The van der Waals surface area contributed by atoms with E-state index in [-0.39, 0.29) is 0 Å². The molecule has 0 amide bonds. The zero-order valence-electron chi connectivity index (χ0n) is 12.7. The third-order valence-corrected chi connectivity index (χ3v) is 3.64. The first-order valence-corrected chi connectivity index (χ1v) is 7.72. The van der Waals surface area contributed by atoms with Gasteiger partial charge in [-0.1, -0.05) is 68.8 Å². The van der Waals surface area contributed by atoms with E-state index in [0.717, 1.165) is 13.1 Å². The summed E-state index contributed by atoms with van der Waals surface area (Å²) < 4.78 is 0. The molecule has 0 spiro atoms. The third kappa shape index (κ3) is 4.21. The Morgan fingerprint density at radius 3 is 1.80 bits per heavy atom. The van der Waals surface area contributed by atoms with Gasteiger partial charge in [-0.25, -0.2) is 0 Å². The zero-order chi connectivity index (χ0) is 14.2. The highest BCUT2D eigenvalue weighted by Crippen LogP contribution is 2.21. The Labute approximate surface area is 123 Å². The molecule has 2 aromatic carbocycles. The van der Waals surface area contributed by atoms with Gasteiger partial charge in [0.15, 0.2) is 0 Å². The van der Waals surface area contributed by atoms with E-state index in [1.165, 1.54) is 41.5 Å². The molecule has 106 valence electrons. The summed E-state index contributed by atoms with van der Waals surface area (Å²) in [7, 11) is 0.